The van der Waals surface area contributed by atoms with Crippen molar-refractivity contribution in [1.29, 1.82) is 0 Å². The standard InChI is InChI=1S/C19H19ClS/c1-3-13(2)14-8-10-15(11-9-14)19(20)17-12-21-18-7-5-4-6-16(17)18/h4-13,19H,3H2,1-2H3. The van der Waals surface area contributed by atoms with Crippen molar-refractivity contribution in [1.82, 2.24) is 0 Å². The largest absolute Gasteiger partial charge is 0.143 e. The van der Waals surface area contributed by atoms with E-state index in [1.165, 1.54) is 33.2 Å². The summed E-state index contributed by atoms with van der Waals surface area (Å²) in [5, 5.41) is 3.38. The lowest BCUT2D eigenvalue weighted by atomic mass is 9.96. The summed E-state index contributed by atoms with van der Waals surface area (Å²) in [5.41, 5.74) is 3.78. The normalized spacial score (nSPS) is 14.2. The summed E-state index contributed by atoms with van der Waals surface area (Å²) in [6, 6.07) is 17.2. The Bertz CT molecular complexity index is 727. The van der Waals surface area contributed by atoms with Crippen molar-refractivity contribution in [3.8, 4) is 0 Å². The molecular formula is C19H19ClS. The SMILES string of the molecule is CCC(C)c1ccc(C(Cl)c2csc3ccccc23)cc1. The molecule has 0 aliphatic rings. The summed E-state index contributed by atoms with van der Waals surface area (Å²) < 4.78 is 1.30. The van der Waals surface area contributed by atoms with E-state index in [1.807, 2.05) is 0 Å². The van der Waals surface area contributed by atoms with E-state index in [1.54, 1.807) is 11.3 Å². The highest BCUT2D eigenvalue weighted by Gasteiger charge is 2.15. The Morgan fingerprint density at radius 2 is 1.67 bits per heavy atom. The predicted octanol–water partition coefficient (Wildman–Crippen LogP) is 6.74. The Hall–Kier alpha value is -1.31. The van der Waals surface area contributed by atoms with Crippen LogP contribution in [0.3, 0.4) is 0 Å². The van der Waals surface area contributed by atoms with Gasteiger partial charge in [0.15, 0.2) is 0 Å². The van der Waals surface area contributed by atoms with Crippen molar-refractivity contribution < 1.29 is 0 Å². The molecule has 1 heterocycles. The molecule has 2 aromatic carbocycles. The van der Waals surface area contributed by atoms with Crippen molar-refractivity contribution in [2.45, 2.75) is 31.6 Å². The summed E-state index contributed by atoms with van der Waals surface area (Å²) in [6.07, 6.45) is 1.17. The van der Waals surface area contributed by atoms with Crippen LogP contribution < -0.4 is 0 Å². The maximum Gasteiger partial charge on any atom is 0.0849 e. The Balaban J connectivity index is 1.93. The lowest BCUT2D eigenvalue weighted by Crippen LogP contribution is -1.95. The highest BCUT2D eigenvalue weighted by molar-refractivity contribution is 7.17. The maximum absolute atomic E-state index is 6.72. The van der Waals surface area contributed by atoms with Crippen molar-refractivity contribution in [2.75, 3.05) is 0 Å². The lowest BCUT2D eigenvalue weighted by molar-refractivity contribution is 0.733. The first kappa shape index (κ1) is 14.6. The second kappa shape index (κ2) is 6.21. The van der Waals surface area contributed by atoms with E-state index in [-0.39, 0.29) is 5.38 Å². The first-order chi connectivity index (χ1) is 10.2. The highest BCUT2D eigenvalue weighted by Crippen LogP contribution is 2.37. The van der Waals surface area contributed by atoms with Gasteiger partial charge in [0, 0.05) is 4.70 Å². The van der Waals surface area contributed by atoms with E-state index in [9.17, 15) is 0 Å². The first-order valence-corrected chi connectivity index (χ1v) is 8.72. The smallest absolute Gasteiger partial charge is 0.0849 e. The zero-order valence-corrected chi connectivity index (χ0v) is 13.9. The summed E-state index contributed by atoms with van der Waals surface area (Å²) in [4.78, 5) is 0. The molecule has 3 rings (SSSR count). The zero-order valence-electron chi connectivity index (χ0n) is 12.3. The molecule has 0 aliphatic heterocycles. The van der Waals surface area contributed by atoms with Crippen molar-refractivity contribution in [2.24, 2.45) is 0 Å². The molecule has 0 N–H and O–H groups in total. The van der Waals surface area contributed by atoms with E-state index < -0.39 is 0 Å². The second-order valence-corrected chi connectivity index (χ2v) is 6.87. The lowest BCUT2D eigenvalue weighted by Gasteiger charge is -2.13. The molecule has 0 nitrogen and oxygen atoms in total. The van der Waals surface area contributed by atoms with Crippen LogP contribution in [0.2, 0.25) is 0 Å². The van der Waals surface area contributed by atoms with E-state index in [2.05, 4.69) is 67.8 Å². The quantitative estimate of drug-likeness (QED) is 0.467. The van der Waals surface area contributed by atoms with Crippen LogP contribution in [0.25, 0.3) is 10.1 Å². The van der Waals surface area contributed by atoms with Gasteiger partial charge in [0.05, 0.1) is 5.38 Å². The number of alkyl halides is 1. The van der Waals surface area contributed by atoms with Crippen LogP contribution in [0.5, 0.6) is 0 Å². The van der Waals surface area contributed by atoms with E-state index in [0.717, 1.165) is 0 Å². The van der Waals surface area contributed by atoms with Crippen LogP contribution in [0.4, 0.5) is 0 Å². The van der Waals surface area contributed by atoms with Crippen molar-refractivity contribution >= 4 is 33.0 Å². The molecule has 0 fully saturated rings. The van der Waals surface area contributed by atoms with E-state index >= 15 is 0 Å². The third-order valence-electron chi connectivity index (χ3n) is 4.19. The molecule has 1 aromatic heterocycles. The molecule has 0 radical (unpaired) electrons. The number of hydrogen-bond acceptors (Lipinski definition) is 1. The fraction of sp³-hybridized carbons (Fsp3) is 0.263. The van der Waals surface area contributed by atoms with Gasteiger partial charge >= 0.3 is 0 Å². The number of hydrogen-bond donors (Lipinski definition) is 0. The van der Waals surface area contributed by atoms with Crippen LogP contribution in [-0.2, 0) is 0 Å². The van der Waals surface area contributed by atoms with Crippen LogP contribution >= 0.6 is 22.9 Å². The predicted molar refractivity (Wildman–Crippen MR) is 94.7 cm³/mol. The second-order valence-electron chi connectivity index (χ2n) is 5.53. The molecule has 0 spiro atoms. The molecule has 0 saturated carbocycles. The molecule has 0 amide bonds. The first-order valence-electron chi connectivity index (χ1n) is 7.40. The molecule has 2 atom stereocenters. The molecule has 2 unspecified atom stereocenters. The average molecular weight is 315 g/mol. The van der Waals surface area contributed by atoms with Gasteiger partial charge in [0.2, 0.25) is 0 Å². The third-order valence-corrected chi connectivity index (χ3v) is 5.66. The average Bonchev–Trinajstić information content (AvgIpc) is 2.97. The van der Waals surface area contributed by atoms with Gasteiger partial charge < -0.3 is 0 Å². The molecule has 108 valence electrons. The molecule has 0 saturated heterocycles. The van der Waals surface area contributed by atoms with E-state index in [0.29, 0.717) is 5.92 Å². The Morgan fingerprint density at radius 1 is 1.00 bits per heavy atom. The van der Waals surface area contributed by atoms with Crippen molar-refractivity contribution in [3.63, 3.8) is 0 Å². The Labute approximate surface area is 135 Å². The summed E-state index contributed by atoms with van der Waals surface area (Å²) in [7, 11) is 0. The minimum atomic E-state index is -0.0767. The fourth-order valence-electron chi connectivity index (χ4n) is 2.60. The van der Waals surface area contributed by atoms with Gasteiger partial charge in [-0.3, -0.25) is 0 Å². The molecule has 21 heavy (non-hydrogen) atoms. The minimum Gasteiger partial charge on any atom is -0.143 e. The minimum absolute atomic E-state index is 0.0767. The van der Waals surface area contributed by atoms with Gasteiger partial charge in [-0.2, -0.15) is 0 Å². The van der Waals surface area contributed by atoms with Crippen LogP contribution in [0.15, 0.2) is 53.9 Å². The van der Waals surface area contributed by atoms with Gasteiger partial charge in [-0.25, -0.2) is 0 Å². The van der Waals surface area contributed by atoms with Crippen LogP contribution in [-0.4, -0.2) is 0 Å². The molecule has 2 heteroatoms. The number of benzene rings is 2. The monoisotopic (exact) mass is 314 g/mol. The summed E-state index contributed by atoms with van der Waals surface area (Å²) in [5.74, 6) is 0.606. The number of thiophene rings is 1. The van der Waals surface area contributed by atoms with Gasteiger partial charge in [0.25, 0.3) is 0 Å². The zero-order chi connectivity index (χ0) is 14.8. The van der Waals surface area contributed by atoms with Crippen LogP contribution in [0, 0.1) is 0 Å². The van der Waals surface area contributed by atoms with Gasteiger partial charge in [-0.15, -0.1) is 22.9 Å². The molecular weight excluding hydrogens is 296 g/mol. The van der Waals surface area contributed by atoms with Gasteiger partial charge in [0.1, 0.15) is 0 Å². The number of halogens is 1. The summed E-state index contributed by atoms with van der Waals surface area (Å²) >= 11 is 8.49. The highest BCUT2D eigenvalue weighted by atomic mass is 35.5. The third kappa shape index (κ3) is 2.86. The summed E-state index contributed by atoms with van der Waals surface area (Å²) in [6.45, 7) is 4.49. The van der Waals surface area contributed by atoms with Gasteiger partial charge in [-0.05, 0) is 45.9 Å². The van der Waals surface area contributed by atoms with Gasteiger partial charge in [-0.1, -0.05) is 56.3 Å². The topological polar surface area (TPSA) is 0 Å². The number of fused-ring (bicyclic) bond motifs is 1. The van der Waals surface area contributed by atoms with Crippen LogP contribution in [0.1, 0.15) is 48.3 Å². The van der Waals surface area contributed by atoms with E-state index in [4.69, 9.17) is 11.6 Å². The Kier molecular flexibility index (Phi) is 4.32. The maximum atomic E-state index is 6.72. The van der Waals surface area contributed by atoms with Crippen molar-refractivity contribution in [3.05, 3.63) is 70.6 Å². The molecule has 0 aliphatic carbocycles. The fourth-order valence-corrected chi connectivity index (χ4v) is 3.99. The molecule has 3 aromatic rings. The number of rotatable bonds is 4. The Morgan fingerprint density at radius 3 is 2.38 bits per heavy atom. The molecule has 0 bridgehead atoms.